The molecule has 114 valence electrons. The third-order valence-electron chi connectivity index (χ3n) is 3.61. The molecule has 0 spiro atoms. The van der Waals surface area contributed by atoms with Crippen molar-refractivity contribution in [1.82, 2.24) is 5.16 Å². The molecule has 0 bridgehead atoms. The maximum atomic E-state index is 12.2. The highest BCUT2D eigenvalue weighted by molar-refractivity contribution is 5.95. The van der Waals surface area contributed by atoms with Gasteiger partial charge in [-0.15, -0.1) is 0 Å². The van der Waals surface area contributed by atoms with Crippen molar-refractivity contribution in [1.29, 1.82) is 5.26 Å². The Balaban J connectivity index is 1.79. The number of nitriles is 1. The number of hydrogen-bond acceptors (Lipinski definition) is 4. The monoisotopic (exact) mass is 305 g/mol. The first-order valence-electron chi connectivity index (χ1n) is 7.22. The van der Waals surface area contributed by atoms with E-state index >= 15 is 0 Å². The molecule has 3 rings (SSSR count). The second-order valence-electron chi connectivity index (χ2n) is 5.50. The molecule has 5 heteroatoms. The van der Waals surface area contributed by atoms with Gasteiger partial charge in [-0.05, 0) is 55.3 Å². The van der Waals surface area contributed by atoms with Gasteiger partial charge in [0.1, 0.15) is 5.69 Å². The first-order chi connectivity index (χ1) is 11.1. The topological polar surface area (TPSA) is 78.9 Å². The van der Waals surface area contributed by atoms with E-state index in [2.05, 4.69) is 10.5 Å². The van der Waals surface area contributed by atoms with Crippen molar-refractivity contribution in [2.75, 3.05) is 5.32 Å². The molecular weight excluding hydrogens is 290 g/mol. The van der Waals surface area contributed by atoms with Crippen LogP contribution >= 0.6 is 0 Å². The van der Waals surface area contributed by atoms with Gasteiger partial charge in [0.05, 0.1) is 18.1 Å². The maximum Gasteiger partial charge on any atom is 0.230 e. The van der Waals surface area contributed by atoms with Gasteiger partial charge in [-0.25, -0.2) is 0 Å². The fraction of sp³-hybridized carbons (Fsp3) is 0.167. The van der Waals surface area contributed by atoms with Crippen LogP contribution in [0, 0.1) is 25.2 Å². The fourth-order valence-corrected chi connectivity index (χ4v) is 2.63. The van der Waals surface area contributed by atoms with Crippen LogP contribution in [0.15, 0.2) is 40.9 Å². The molecule has 0 fully saturated rings. The standard InChI is InChI=1S/C18H15N3O2/c1-11-7-12(2)18-15(21-23-16(18)8-11)9-17(22)20-14-5-3-13(10-19)4-6-14/h3-8H,9H2,1-2H3,(H,20,22). The fourth-order valence-electron chi connectivity index (χ4n) is 2.63. The Kier molecular flexibility index (Phi) is 3.82. The lowest BCUT2D eigenvalue weighted by molar-refractivity contribution is -0.115. The number of rotatable bonds is 3. The molecule has 23 heavy (non-hydrogen) atoms. The van der Waals surface area contributed by atoms with E-state index in [0.29, 0.717) is 22.5 Å². The summed E-state index contributed by atoms with van der Waals surface area (Å²) in [7, 11) is 0. The largest absolute Gasteiger partial charge is 0.356 e. The van der Waals surface area contributed by atoms with Crippen LogP contribution in [0.3, 0.4) is 0 Å². The van der Waals surface area contributed by atoms with Crippen LogP contribution in [-0.2, 0) is 11.2 Å². The Bertz CT molecular complexity index is 918. The van der Waals surface area contributed by atoms with Crippen LogP contribution in [0.25, 0.3) is 11.0 Å². The quantitative estimate of drug-likeness (QED) is 0.803. The van der Waals surface area contributed by atoms with E-state index in [-0.39, 0.29) is 12.3 Å². The predicted molar refractivity (Wildman–Crippen MR) is 87.0 cm³/mol. The molecule has 1 heterocycles. The highest BCUT2D eigenvalue weighted by Crippen LogP contribution is 2.24. The van der Waals surface area contributed by atoms with Crippen LogP contribution in [0.5, 0.6) is 0 Å². The summed E-state index contributed by atoms with van der Waals surface area (Å²) in [6.07, 6.45) is 0.136. The molecule has 1 amide bonds. The Hall–Kier alpha value is -3.13. The second-order valence-corrected chi connectivity index (χ2v) is 5.50. The summed E-state index contributed by atoms with van der Waals surface area (Å²) in [5.41, 5.74) is 4.67. The molecule has 0 radical (unpaired) electrons. The van der Waals surface area contributed by atoms with E-state index in [4.69, 9.17) is 9.78 Å². The van der Waals surface area contributed by atoms with Gasteiger partial charge in [0.25, 0.3) is 0 Å². The van der Waals surface area contributed by atoms with E-state index in [0.717, 1.165) is 16.5 Å². The molecule has 0 aliphatic carbocycles. The van der Waals surface area contributed by atoms with Gasteiger partial charge in [-0.1, -0.05) is 11.2 Å². The summed E-state index contributed by atoms with van der Waals surface area (Å²) < 4.78 is 5.33. The predicted octanol–water partition coefficient (Wildman–Crippen LogP) is 3.50. The third kappa shape index (κ3) is 3.06. The van der Waals surface area contributed by atoms with Gasteiger partial charge < -0.3 is 9.84 Å². The van der Waals surface area contributed by atoms with Crippen molar-refractivity contribution in [3.63, 3.8) is 0 Å². The van der Waals surface area contributed by atoms with Gasteiger partial charge in [0.2, 0.25) is 5.91 Å². The van der Waals surface area contributed by atoms with Crippen molar-refractivity contribution >= 4 is 22.6 Å². The molecule has 0 saturated heterocycles. The summed E-state index contributed by atoms with van der Waals surface area (Å²) >= 11 is 0. The zero-order valence-corrected chi connectivity index (χ0v) is 12.9. The number of nitrogens with one attached hydrogen (secondary N) is 1. The highest BCUT2D eigenvalue weighted by Gasteiger charge is 2.15. The maximum absolute atomic E-state index is 12.2. The molecule has 3 aromatic rings. The average Bonchev–Trinajstić information content (AvgIpc) is 2.90. The third-order valence-corrected chi connectivity index (χ3v) is 3.61. The van der Waals surface area contributed by atoms with Crippen molar-refractivity contribution in [3.8, 4) is 6.07 Å². The van der Waals surface area contributed by atoms with E-state index in [1.807, 2.05) is 32.0 Å². The number of hydrogen-bond donors (Lipinski definition) is 1. The van der Waals surface area contributed by atoms with E-state index in [9.17, 15) is 4.79 Å². The molecule has 1 N–H and O–H groups in total. The zero-order valence-electron chi connectivity index (χ0n) is 12.9. The van der Waals surface area contributed by atoms with Gasteiger partial charge in [0, 0.05) is 11.1 Å². The first kappa shape index (κ1) is 14.8. The normalized spacial score (nSPS) is 10.5. The highest BCUT2D eigenvalue weighted by atomic mass is 16.5. The number of fused-ring (bicyclic) bond motifs is 1. The molecule has 1 aromatic heterocycles. The number of benzene rings is 2. The van der Waals surface area contributed by atoms with E-state index in [1.54, 1.807) is 24.3 Å². The lowest BCUT2D eigenvalue weighted by Crippen LogP contribution is -2.14. The van der Waals surface area contributed by atoms with Gasteiger partial charge >= 0.3 is 0 Å². The molecule has 0 aliphatic rings. The number of amides is 1. The SMILES string of the molecule is Cc1cc(C)c2c(CC(=O)Nc3ccc(C#N)cc3)noc2c1. The van der Waals surface area contributed by atoms with Crippen molar-refractivity contribution in [2.45, 2.75) is 20.3 Å². The minimum atomic E-state index is -0.176. The number of aromatic nitrogens is 1. The minimum absolute atomic E-state index is 0.136. The summed E-state index contributed by atoms with van der Waals surface area (Å²) in [4.78, 5) is 12.2. The van der Waals surface area contributed by atoms with Crippen LogP contribution in [0.1, 0.15) is 22.4 Å². The Morgan fingerprint density at radius 2 is 2.00 bits per heavy atom. The molecule has 0 atom stereocenters. The van der Waals surface area contributed by atoms with E-state index < -0.39 is 0 Å². The summed E-state index contributed by atoms with van der Waals surface area (Å²) in [5, 5.41) is 16.5. The summed E-state index contributed by atoms with van der Waals surface area (Å²) in [6, 6.07) is 12.7. The number of anilines is 1. The van der Waals surface area contributed by atoms with Crippen LogP contribution in [-0.4, -0.2) is 11.1 Å². The van der Waals surface area contributed by atoms with Crippen LogP contribution in [0.4, 0.5) is 5.69 Å². The number of aryl methyl sites for hydroxylation is 2. The zero-order chi connectivity index (χ0) is 16.4. The van der Waals surface area contributed by atoms with Gasteiger partial charge in [0.15, 0.2) is 5.58 Å². The van der Waals surface area contributed by atoms with E-state index in [1.165, 1.54) is 0 Å². The molecule has 2 aromatic carbocycles. The van der Waals surface area contributed by atoms with Gasteiger partial charge in [-0.2, -0.15) is 5.26 Å². The lowest BCUT2D eigenvalue weighted by Gasteiger charge is -2.04. The summed E-state index contributed by atoms with van der Waals surface area (Å²) in [6.45, 7) is 3.97. The smallest absolute Gasteiger partial charge is 0.230 e. The number of carbonyl (C=O) groups is 1. The second kappa shape index (κ2) is 5.93. The summed E-state index contributed by atoms with van der Waals surface area (Å²) in [5.74, 6) is -0.176. The Labute approximate surface area is 133 Å². The minimum Gasteiger partial charge on any atom is -0.356 e. The lowest BCUT2D eigenvalue weighted by atomic mass is 10.0. The average molecular weight is 305 g/mol. The number of carbonyl (C=O) groups excluding carboxylic acids is 1. The van der Waals surface area contributed by atoms with Crippen molar-refractivity contribution in [2.24, 2.45) is 0 Å². The molecular formula is C18H15N3O2. The van der Waals surface area contributed by atoms with Crippen LogP contribution < -0.4 is 5.32 Å². The van der Waals surface area contributed by atoms with Crippen molar-refractivity contribution < 1.29 is 9.32 Å². The van der Waals surface area contributed by atoms with Gasteiger partial charge in [-0.3, -0.25) is 4.79 Å². The van der Waals surface area contributed by atoms with Crippen LogP contribution in [0.2, 0.25) is 0 Å². The Morgan fingerprint density at radius 1 is 1.26 bits per heavy atom. The molecule has 5 nitrogen and oxygen atoms in total. The molecule has 0 aliphatic heterocycles. The first-order valence-corrected chi connectivity index (χ1v) is 7.22. The molecule has 0 saturated carbocycles. The van der Waals surface area contributed by atoms with Crippen molar-refractivity contribution in [3.05, 3.63) is 58.8 Å². The number of nitrogens with zero attached hydrogens (tertiary/aromatic N) is 2. The Morgan fingerprint density at radius 3 is 2.70 bits per heavy atom. The molecule has 0 unspecified atom stereocenters.